The van der Waals surface area contributed by atoms with Gasteiger partial charge in [-0.2, -0.15) is 0 Å². The maximum atomic E-state index is 12.2. The molecule has 4 aromatic rings. The van der Waals surface area contributed by atoms with Crippen molar-refractivity contribution in [1.29, 1.82) is 0 Å². The third-order valence-electron chi connectivity index (χ3n) is 4.25. The molecule has 2 aromatic heterocycles. The lowest BCUT2D eigenvalue weighted by molar-refractivity contribution is -0.882. The number of hydrogen-bond acceptors (Lipinski definition) is 6. The van der Waals surface area contributed by atoms with Gasteiger partial charge in [0, 0.05) is 5.39 Å². The molecular weight excluding hydrogens is 406 g/mol. The first kappa shape index (κ1) is 19.6. The number of aromatic nitrogens is 2. The smallest absolute Gasteiger partial charge is 0.274 e. The lowest BCUT2D eigenvalue weighted by Gasteiger charge is -2.10. The second-order valence-corrected chi connectivity index (χ2v) is 9.07. The highest BCUT2D eigenvalue weighted by Crippen LogP contribution is 2.38. The monoisotopic (exact) mass is 426 g/mol. The summed E-state index contributed by atoms with van der Waals surface area (Å²) in [7, 11) is 4.00. The summed E-state index contributed by atoms with van der Waals surface area (Å²) in [6.07, 6.45) is 0. The quantitative estimate of drug-likeness (QED) is 0.365. The number of rotatable bonds is 6. The standard InChI is InChI=1S/C20H19N5O2S2/c1-24(2)12-25-15-9-5-3-7-13(15)18(19(25)27)23-22-17(26)11-28-20-21-14-8-4-6-10-16(14)29-20/h3-10,27H,11-12H2,1-2H3/p+1. The summed E-state index contributed by atoms with van der Waals surface area (Å²) in [5.74, 6) is -0.212. The SMILES string of the molecule is C[NH+](C)Cn1c(O)c(N=NC(=O)CSc2nc3ccccc3s2)c2ccccc21. The molecule has 148 valence electrons. The summed E-state index contributed by atoms with van der Waals surface area (Å²) in [4.78, 5) is 17.9. The van der Waals surface area contributed by atoms with Crippen molar-refractivity contribution in [3.63, 3.8) is 0 Å². The van der Waals surface area contributed by atoms with Gasteiger partial charge in [0.2, 0.25) is 5.88 Å². The van der Waals surface area contributed by atoms with Crippen molar-refractivity contribution in [3.05, 3.63) is 48.5 Å². The number of thiazole rings is 1. The van der Waals surface area contributed by atoms with E-state index in [2.05, 4.69) is 15.2 Å². The molecule has 0 saturated heterocycles. The van der Waals surface area contributed by atoms with Gasteiger partial charge in [0.1, 0.15) is 0 Å². The van der Waals surface area contributed by atoms with Gasteiger partial charge >= 0.3 is 0 Å². The molecule has 0 unspecified atom stereocenters. The first-order valence-electron chi connectivity index (χ1n) is 9.05. The van der Waals surface area contributed by atoms with E-state index >= 15 is 0 Å². The van der Waals surface area contributed by atoms with Gasteiger partial charge < -0.3 is 10.0 Å². The van der Waals surface area contributed by atoms with E-state index in [0.29, 0.717) is 12.4 Å². The first-order valence-corrected chi connectivity index (χ1v) is 10.9. The van der Waals surface area contributed by atoms with Gasteiger partial charge in [-0.15, -0.1) is 21.6 Å². The zero-order chi connectivity index (χ0) is 20.4. The van der Waals surface area contributed by atoms with Crippen LogP contribution in [0.4, 0.5) is 5.69 Å². The van der Waals surface area contributed by atoms with Crippen molar-refractivity contribution < 1.29 is 14.8 Å². The van der Waals surface area contributed by atoms with Gasteiger partial charge in [-0.05, 0) is 18.2 Å². The van der Waals surface area contributed by atoms with Crippen LogP contribution in [0.5, 0.6) is 5.88 Å². The third-order valence-corrected chi connectivity index (χ3v) is 6.41. The van der Waals surface area contributed by atoms with E-state index in [9.17, 15) is 9.90 Å². The van der Waals surface area contributed by atoms with E-state index in [1.807, 2.05) is 62.6 Å². The molecule has 0 radical (unpaired) electrons. The maximum absolute atomic E-state index is 12.2. The predicted octanol–water partition coefficient (Wildman–Crippen LogP) is 3.46. The molecule has 9 heteroatoms. The van der Waals surface area contributed by atoms with Crippen LogP contribution in [0.15, 0.2) is 63.1 Å². The van der Waals surface area contributed by atoms with Gasteiger partial charge in [-0.3, -0.25) is 9.36 Å². The van der Waals surface area contributed by atoms with Crippen LogP contribution in [0.3, 0.4) is 0 Å². The highest BCUT2D eigenvalue weighted by molar-refractivity contribution is 8.01. The van der Waals surface area contributed by atoms with Gasteiger partial charge in [-0.25, -0.2) is 4.98 Å². The molecule has 2 heterocycles. The Morgan fingerprint density at radius 2 is 1.97 bits per heavy atom. The second-order valence-electron chi connectivity index (χ2n) is 6.81. The Balaban J connectivity index is 1.51. The average molecular weight is 427 g/mol. The lowest BCUT2D eigenvalue weighted by atomic mass is 10.2. The highest BCUT2D eigenvalue weighted by atomic mass is 32.2. The first-order chi connectivity index (χ1) is 14.0. The number of carbonyl (C=O) groups excluding carboxylic acids is 1. The van der Waals surface area contributed by atoms with Crippen molar-refractivity contribution >= 4 is 55.8 Å². The fourth-order valence-electron chi connectivity index (χ4n) is 3.02. The van der Waals surface area contributed by atoms with Crippen LogP contribution in [0.2, 0.25) is 0 Å². The average Bonchev–Trinajstić information content (AvgIpc) is 3.24. The topological polar surface area (TPSA) is 84.3 Å². The molecular formula is C20H20N5O2S2+. The van der Waals surface area contributed by atoms with Gasteiger partial charge in [0.25, 0.3) is 5.91 Å². The fourth-order valence-corrected chi connectivity index (χ4v) is 4.86. The maximum Gasteiger partial charge on any atom is 0.274 e. The number of fused-ring (bicyclic) bond motifs is 2. The molecule has 0 saturated carbocycles. The number of benzene rings is 2. The summed E-state index contributed by atoms with van der Waals surface area (Å²) < 4.78 is 3.69. The van der Waals surface area contributed by atoms with Crippen LogP contribution in [0.25, 0.3) is 21.1 Å². The van der Waals surface area contributed by atoms with E-state index < -0.39 is 0 Å². The Morgan fingerprint density at radius 1 is 1.21 bits per heavy atom. The number of azo groups is 1. The van der Waals surface area contributed by atoms with Crippen molar-refractivity contribution in [3.8, 4) is 5.88 Å². The van der Waals surface area contributed by atoms with Gasteiger partial charge in [0.05, 0.1) is 35.6 Å². The molecule has 0 aliphatic rings. The van der Waals surface area contributed by atoms with Crippen molar-refractivity contribution in [2.24, 2.45) is 10.2 Å². The van der Waals surface area contributed by atoms with E-state index in [4.69, 9.17) is 0 Å². The Bertz CT molecular complexity index is 1180. The number of nitrogens with one attached hydrogen (secondary N) is 1. The number of hydrogen-bond donors (Lipinski definition) is 2. The van der Waals surface area contributed by atoms with Crippen LogP contribution in [0.1, 0.15) is 0 Å². The summed E-state index contributed by atoms with van der Waals surface area (Å²) >= 11 is 2.89. The minimum Gasteiger partial charge on any atom is -0.493 e. The Morgan fingerprint density at radius 3 is 2.76 bits per heavy atom. The van der Waals surface area contributed by atoms with E-state index in [-0.39, 0.29) is 17.5 Å². The largest absolute Gasteiger partial charge is 0.493 e. The normalized spacial score (nSPS) is 12.0. The Labute approximate surface area is 175 Å². The fraction of sp³-hybridized carbons (Fsp3) is 0.200. The molecule has 0 aliphatic heterocycles. The van der Waals surface area contributed by atoms with Crippen LogP contribution in [-0.2, 0) is 11.5 Å². The van der Waals surface area contributed by atoms with Crippen LogP contribution in [0, 0.1) is 0 Å². The summed E-state index contributed by atoms with van der Waals surface area (Å²) in [6.45, 7) is 0.573. The summed E-state index contributed by atoms with van der Waals surface area (Å²) in [5, 5.41) is 19.3. The zero-order valence-corrected chi connectivity index (χ0v) is 17.6. The van der Waals surface area contributed by atoms with Crippen molar-refractivity contribution in [1.82, 2.24) is 9.55 Å². The highest BCUT2D eigenvalue weighted by Gasteiger charge is 2.18. The molecule has 29 heavy (non-hydrogen) atoms. The molecule has 0 fully saturated rings. The molecule has 0 spiro atoms. The number of nitrogens with zero attached hydrogens (tertiary/aromatic N) is 4. The summed E-state index contributed by atoms with van der Waals surface area (Å²) in [5.41, 5.74) is 2.10. The Kier molecular flexibility index (Phi) is 5.61. The van der Waals surface area contributed by atoms with E-state index in [1.165, 1.54) is 11.8 Å². The molecule has 0 atom stereocenters. The number of thioether (sulfide) groups is 1. The Hall–Kier alpha value is -2.75. The molecule has 2 aromatic carbocycles. The summed E-state index contributed by atoms with van der Waals surface area (Å²) in [6, 6.07) is 15.4. The van der Waals surface area contributed by atoms with Crippen LogP contribution < -0.4 is 4.90 Å². The van der Waals surface area contributed by atoms with Gasteiger partial charge in [0.15, 0.2) is 16.7 Å². The molecule has 0 aliphatic carbocycles. The number of carbonyl (C=O) groups is 1. The zero-order valence-electron chi connectivity index (χ0n) is 16.0. The van der Waals surface area contributed by atoms with Crippen molar-refractivity contribution in [2.75, 3.05) is 19.8 Å². The van der Waals surface area contributed by atoms with E-state index in [1.54, 1.807) is 15.9 Å². The van der Waals surface area contributed by atoms with E-state index in [0.717, 1.165) is 30.4 Å². The molecule has 1 amide bonds. The van der Waals surface area contributed by atoms with Crippen LogP contribution in [-0.4, -0.2) is 40.4 Å². The van der Waals surface area contributed by atoms with Crippen LogP contribution >= 0.6 is 23.1 Å². The molecule has 4 rings (SSSR count). The van der Waals surface area contributed by atoms with Crippen molar-refractivity contribution in [2.45, 2.75) is 11.0 Å². The predicted molar refractivity (Wildman–Crippen MR) is 116 cm³/mol. The molecule has 0 bridgehead atoms. The number of quaternary nitrogens is 1. The lowest BCUT2D eigenvalue weighted by Crippen LogP contribution is -3.04. The minimum atomic E-state index is -0.372. The minimum absolute atomic E-state index is 0.0165. The number of aromatic hydroxyl groups is 1. The molecule has 7 nitrogen and oxygen atoms in total. The number of para-hydroxylation sites is 2. The number of amides is 1. The van der Waals surface area contributed by atoms with Gasteiger partial charge in [-0.1, -0.05) is 42.1 Å². The third kappa shape index (κ3) is 4.16. The second kappa shape index (κ2) is 8.32. The molecule has 2 N–H and O–H groups in total.